The van der Waals surface area contributed by atoms with Crippen molar-refractivity contribution in [1.29, 1.82) is 0 Å². The van der Waals surface area contributed by atoms with Gasteiger partial charge in [0.05, 0.1) is 34.8 Å². The molecule has 0 fully saturated rings. The summed E-state index contributed by atoms with van der Waals surface area (Å²) >= 11 is 1.84. The van der Waals surface area contributed by atoms with E-state index < -0.39 is 0 Å². The average Bonchev–Trinajstić information content (AvgIpc) is 3.13. The van der Waals surface area contributed by atoms with E-state index in [1.165, 1.54) is 0 Å². The van der Waals surface area contributed by atoms with E-state index in [0.717, 1.165) is 46.6 Å². The molecule has 0 spiro atoms. The smallest absolute Gasteiger partial charge is 0.326 e. The van der Waals surface area contributed by atoms with Crippen LogP contribution >= 0.6 is 11.8 Å². The van der Waals surface area contributed by atoms with Gasteiger partial charge in [0.25, 0.3) is 0 Å². The van der Waals surface area contributed by atoms with E-state index in [0.29, 0.717) is 6.54 Å². The van der Waals surface area contributed by atoms with Crippen molar-refractivity contribution in [2.45, 2.75) is 19.5 Å². The zero-order chi connectivity index (χ0) is 17.2. The van der Waals surface area contributed by atoms with Crippen molar-refractivity contribution >= 4 is 33.8 Å². The van der Waals surface area contributed by atoms with Gasteiger partial charge in [0.1, 0.15) is 5.82 Å². The summed E-state index contributed by atoms with van der Waals surface area (Å²) in [6.07, 6.45) is 6.58. The molecule has 0 aliphatic heterocycles. The lowest BCUT2D eigenvalue weighted by Gasteiger charge is -2.09. The summed E-state index contributed by atoms with van der Waals surface area (Å²) in [7, 11) is 0. The molecule has 0 unspecified atom stereocenters. The maximum atomic E-state index is 12.4. The minimum atomic E-state index is -0.134. The molecule has 4 aromatic rings. The lowest BCUT2D eigenvalue weighted by molar-refractivity contribution is 0.627. The normalized spacial score (nSPS) is 11.6. The van der Waals surface area contributed by atoms with Crippen molar-refractivity contribution in [2.24, 2.45) is 0 Å². The highest BCUT2D eigenvalue weighted by Gasteiger charge is 2.14. The van der Waals surface area contributed by atoms with Crippen LogP contribution in [-0.2, 0) is 13.1 Å². The first kappa shape index (κ1) is 16.0. The molecule has 0 aliphatic rings. The Labute approximate surface area is 148 Å². The lowest BCUT2D eigenvalue weighted by Crippen LogP contribution is -2.20. The molecule has 3 heterocycles. The molecule has 1 aromatic carbocycles. The molecule has 3 aromatic heterocycles. The quantitative estimate of drug-likeness (QED) is 0.541. The first-order chi connectivity index (χ1) is 12.3. The van der Waals surface area contributed by atoms with Crippen LogP contribution in [-0.4, -0.2) is 36.1 Å². The summed E-state index contributed by atoms with van der Waals surface area (Å²) in [5.74, 6) is 2.00. The maximum Gasteiger partial charge on any atom is 0.326 e. The van der Waals surface area contributed by atoms with Crippen LogP contribution in [0.25, 0.3) is 22.1 Å². The largest absolute Gasteiger partial charge is 0.326 e. The van der Waals surface area contributed by atoms with Gasteiger partial charge in [-0.25, -0.2) is 9.78 Å². The number of thioether (sulfide) groups is 1. The van der Waals surface area contributed by atoms with Crippen LogP contribution in [0.15, 0.2) is 47.5 Å². The number of rotatable bonds is 6. The van der Waals surface area contributed by atoms with Crippen molar-refractivity contribution in [1.82, 2.24) is 24.1 Å². The second kappa shape index (κ2) is 6.76. The highest BCUT2D eigenvalue weighted by atomic mass is 32.2. The van der Waals surface area contributed by atoms with Gasteiger partial charge in [0.15, 0.2) is 0 Å². The van der Waals surface area contributed by atoms with E-state index in [-0.39, 0.29) is 5.69 Å². The number of hydrogen-bond donors (Lipinski definition) is 1. The van der Waals surface area contributed by atoms with Gasteiger partial charge in [0, 0.05) is 12.7 Å². The van der Waals surface area contributed by atoms with Crippen molar-refractivity contribution in [3.8, 4) is 0 Å². The molecule has 0 amide bonds. The Balaban J connectivity index is 1.79. The molecule has 4 rings (SSSR count). The van der Waals surface area contributed by atoms with E-state index in [1.807, 2.05) is 36.0 Å². The Morgan fingerprint density at radius 1 is 1.16 bits per heavy atom. The van der Waals surface area contributed by atoms with Crippen molar-refractivity contribution in [3.05, 3.63) is 59.0 Å². The lowest BCUT2D eigenvalue weighted by atomic mass is 10.3. The average molecular weight is 353 g/mol. The van der Waals surface area contributed by atoms with Gasteiger partial charge in [-0.15, -0.1) is 0 Å². The van der Waals surface area contributed by atoms with Crippen LogP contribution in [0.1, 0.15) is 12.2 Å². The highest BCUT2D eigenvalue weighted by Crippen LogP contribution is 2.19. The van der Waals surface area contributed by atoms with Gasteiger partial charge in [0.2, 0.25) is 0 Å². The first-order valence-electron chi connectivity index (χ1n) is 8.23. The van der Waals surface area contributed by atoms with Gasteiger partial charge in [-0.1, -0.05) is 12.1 Å². The van der Waals surface area contributed by atoms with Gasteiger partial charge < -0.3 is 9.55 Å². The Kier molecular flexibility index (Phi) is 4.31. The summed E-state index contributed by atoms with van der Waals surface area (Å²) < 4.78 is 3.93. The number of aromatic nitrogens is 5. The molecule has 0 atom stereocenters. The van der Waals surface area contributed by atoms with Crippen LogP contribution in [0.3, 0.4) is 0 Å². The van der Waals surface area contributed by atoms with Crippen LogP contribution < -0.4 is 5.69 Å². The van der Waals surface area contributed by atoms with Crippen LogP contribution in [0.4, 0.5) is 0 Å². The fourth-order valence-corrected chi connectivity index (χ4v) is 3.58. The summed E-state index contributed by atoms with van der Waals surface area (Å²) in [6.45, 7) is 1.32. The predicted octanol–water partition coefficient (Wildman–Crippen LogP) is 2.88. The summed E-state index contributed by atoms with van der Waals surface area (Å²) in [6, 6.07) is 9.94. The number of aromatic amines is 1. The van der Waals surface area contributed by atoms with Crippen LogP contribution in [0.2, 0.25) is 0 Å². The number of para-hydroxylation sites is 2. The van der Waals surface area contributed by atoms with Crippen LogP contribution in [0.5, 0.6) is 0 Å². The second-order valence-electron chi connectivity index (χ2n) is 5.92. The molecule has 6 nitrogen and oxygen atoms in total. The van der Waals surface area contributed by atoms with Gasteiger partial charge in [-0.3, -0.25) is 9.55 Å². The van der Waals surface area contributed by atoms with Gasteiger partial charge in [-0.05, 0) is 36.6 Å². The van der Waals surface area contributed by atoms with E-state index >= 15 is 0 Å². The van der Waals surface area contributed by atoms with Crippen molar-refractivity contribution in [2.75, 3.05) is 12.0 Å². The molecule has 128 valence electrons. The molecule has 25 heavy (non-hydrogen) atoms. The van der Waals surface area contributed by atoms with Gasteiger partial charge >= 0.3 is 5.69 Å². The number of fused-ring (bicyclic) bond motifs is 2. The van der Waals surface area contributed by atoms with Crippen molar-refractivity contribution in [3.63, 3.8) is 0 Å². The molecule has 0 aliphatic carbocycles. The number of nitrogens with zero attached hydrogens (tertiary/aromatic N) is 4. The zero-order valence-corrected chi connectivity index (χ0v) is 14.8. The summed E-state index contributed by atoms with van der Waals surface area (Å²) in [4.78, 5) is 24.2. The Morgan fingerprint density at radius 3 is 2.92 bits per heavy atom. The highest BCUT2D eigenvalue weighted by molar-refractivity contribution is 7.98. The number of benzene rings is 1. The molecular formula is C18H19N5OS. The van der Waals surface area contributed by atoms with Crippen LogP contribution in [0, 0.1) is 0 Å². The molecule has 0 saturated carbocycles. The molecule has 7 heteroatoms. The summed E-state index contributed by atoms with van der Waals surface area (Å²) in [5.41, 5.74) is 3.54. The van der Waals surface area contributed by atoms with E-state index in [9.17, 15) is 4.79 Å². The molecule has 1 N–H and O–H groups in total. The Bertz CT molecular complexity index is 1080. The summed E-state index contributed by atoms with van der Waals surface area (Å²) in [5, 5.41) is 0. The minimum absolute atomic E-state index is 0.134. The third-order valence-corrected chi connectivity index (χ3v) is 5.04. The zero-order valence-electron chi connectivity index (χ0n) is 14.0. The number of H-pyrrole nitrogens is 1. The maximum absolute atomic E-state index is 12.4. The van der Waals surface area contributed by atoms with Gasteiger partial charge in [-0.2, -0.15) is 11.8 Å². The fourth-order valence-electron chi connectivity index (χ4n) is 3.16. The number of pyridine rings is 1. The third-order valence-electron chi connectivity index (χ3n) is 4.34. The Morgan fingerprint density at radius 2 is 2.04 bits per heavy atom. The molecular weight excluding hydrogens is 334 g/mol. The number of imidazole rings is 2. The van der Waals surface area contributed by atoms with E-state index in [4.69, 9.17) is 4.98 Å². The van der Waals surface area contributed by atoms with E-state index in [2.05, 4.69) is 26.9 Å². The molecule has 0 radical (unpaired) electrons. The van der Waals surface area contributed by atoms with E-state index in [1.54, 1.807) is 17.0 Å². The third kappa shape index (κ3) is 2.95. The van der Waals surface area contributed by atoms with Crippen molar-refractivity contribution < 1.29 is 0 Å². The Hall–Kier alpha value is -2.54. The minimum Gasteiger partial charge on any atom is -0.326 e. The predicted molar refractivity (Wildman–Crippen MR) is 102 cm³/mol. The standard InChI is InChI=1S/C18H19N5OS/c1-25-10-4-9-22-15-6-3-2-5-13(15)20-17(22)12-23-16-11-19-8-7-14(16)21-18(23)24/h2-3,5-8,11H,4,9-10,12H2,1H3,(H,21,24). The molecule has 0 saturated heterocycles. The number of nitrogens with one attached hydrogen (secondary N) is 1. The molecule has 0 bridgehead atoms. The second-order valence-corrected chi connectivity index (χ2v) is 6.91. The number of aryl methyl sites for hydroxylation is 1. The number of hydrogen-bond acceptors (Lipinski definition) is 4. The topological polar surface area (TPSA) is 68.5 Å². The monoisotopic (exact) mass is 353 g/mol. The fraction of sp³-hybridized carbons (Fsp3) is 0.278. The SMILES string of the molecule is CSCCCn1c(Cn2c(=O)[nH]c3ccncc32)nc2ccccc21. The first-order valence-corrected chi connectivity index (χ1v) is 9.63.